The van der Waals surface area contributed by atoms with Crippen LogP contribution in [-0.4, -0.2) is 20.0 Å². The predicted molar refractivity (Wildman–Crippen MR) is 97.3 cm³/mol. The molecule has 0 unspecified atom stereocenters. The molecule has 0 atom stereocenters. The summed E-state index contributed by atoms with van der Waals surface area (Å²) in [4.78, 5) is 4.23. The van der Waals surface area contributed by atoms with Crippen LogP contribution >= 0.6 is 11.6 Å². The van der Waals surface area contributed by atoms with E-state index in [9.17, 15) is 8.42 Å². The molecule has 0 spiro atoms. The third kappa shape index (κ3) is 4.71. The predicted octanol–water partition coefficient (Wildman–Crippen LogP) is 3.70. The first-order valence-electron chi connectivity index (χ1n) is 8.27. The first kappa shape index (κ1) is 18.2. The second-order valence-electron chi connectivity index (χ2n) is 6.35. The Labute approximate surface area is 153 Å². The van der Waals surface area contributed by atoms with Gasteiger partial charge in [-0.2, -0.15) is 0 Å². The first-order chi connectivity index (χ1) is 11.9. The Hall–Kier alpha value is -1.63. The smallest absolute Gasteiger partial charge is 0.244 e. The Morgan fingerprint density at radius 2 is 2.08 bits per heavy atom. The number of benzene rings is 1. The molecule has 1 aromatic carbocycles. The molecule has 0 radical (unpaired) electrons. The monoisotopic (exact) mass is 380 g/mol. The number of hydrogen-bond acceptors (Lipinski definition) is 4. The van der Waals surface area contributed by atoms with E-state index in [1.54, 1.807) is 18.3 Å². The van der Waals surface area contributed by atoms with E-state index in [1.807, 2.05) is 19.1 Å². The summed E-state index contributed by atoms with van der Waals surface area (Å²) < 4.78 is 33.8. The first-order valence-corrected chi connectivity index (χ1v) is 10.1. The maximum Gasteiger partial charge on any atom is 0.244 e. The van der Waals surface area contributed by atoms with Gasteiger partial charge in [-0.3, -0.25) is 4.98 Å². The number of pyridine rings is 1. The molecule has 2 aromatic rings. The van der Waals surface area contributed by atoms with E-state index in [-0.39, 0.29) is 11.4 Å². The molecule has 1 N–H and O–H groups in total. The molecule has 3 rings (SSSR count). The maximum atomic E-state index is 12.7. The van der Waals surface area contributed by atoms with Crippen LogP contribution < -0.4 is 9.46 Å². The average molecular weight is 381 g/mol. The molecule has 0 amide bonds. The van der Waals surface area contributed by atoms with Crippen LogP contribution in [0.25, 0.3) is 0 Å². The number of aromatic nitrogens is 1. The zero-order valence-electron chi connectivity index (χ0n) is 14.0. The number of halogens is 1. The van der Waals surface area contributed by atoms with Crippen molar-refractivity contribution < 1.29 is 13.2 Å². The van der Waals surface area contributed by atoms with Gasteiger partial charge in [-0.05, 0) is 61.6 Å². The summed E-state index contributed by atoms with van der Waals surface area (Å²) in [5.41, 5.74) is 1.68. The summed E-state index contributed by atoms with van der Waals surface area (Å²) in [5.74, 6) is 0.844. The fourth-order valence-corrected chi connectivity index (χ4v) is 4.02. The number of nitrogens with one attached hydrogen (secondary N) is 1. The van der Waals surface area contributed by atoms with Gasteiger partial charge in [-0.25, -0.2) is 13.1 Å². The Kier molecular flexibility index (Phi) is 5.61. The van der Waals surface area contributed by atoms with Crippen molar-refractivity contribution in [2.24, 2.45) is 5.92 Å². The Balaban J connectivity index is 1.76. The van der Waals surface area contributed by atoms with Gasteiger partial charge in [0, 0.05) is 11.2 Å². The minimum atomic E-state index is -3.76. The van der Waals surface area contributed by atoms with E-state index in [2.05, 4.69) is 9.71 Å². The number of aryl methyl sites for hydroxylation is 1. The quantitative estimate of drug-likeness (QED) is 0.795. The SMILES string of the molecule is Cc1ccnc(CNS(=O)(=O)c2cc(Cl)ccc2OCC2CCC2)c1. The van der Waals surface area contributed by atoms with E-state index in [1.165, 1.54) is 12.5 Å². The molecule has 1 fully saturated rings. The average Bonchev–Trinajstić information content (AvgIpc) is 2.53. The summed E-state index contributed by atoms with van der Waals surface area (Å²) >= 11 is 6.00. The molecular weight excluding hydrogens is 360 g/mol. The zero-order valence-corrected chi connectivity index (χ0v) is 15.6. The number of sulfonamides is 1. The third-order valence-corrected chi connectivity index (χ3v) is 5.97. The van der Waals surface area contributed by atoms with Crippen LogP contribution in [0, 0.1) is 12.8 Å². The van der Waals surface area contributed by atoms with Crippen molar-refractivity contribution in [3.63, 3.8) is 0 Å². The van der Waals surface area contributed by atoms with E-state index in [4.69, 9.17) is 16.3 Å². The van der Waals surface area contributed by atoms with Gasteiger partial charge >= 0.3 is 0 Å². The Morgan fingerprint density at radius 1 is 1.28 bits per heavy atom. The molecule has 0 aliphatic heterocycles. The van der Waals surface area contributed by atoms with Gasteiger partial charge in [0.25, 0.3) is 0 Å². The van der Waals surface area contributed by atoms with Crippen LogP contribution in [0.5, 0.6) is 5.75 Å². The highest BCUT2D eigenvalue weighted by atomic mass is 35.5. The van der Waals surface area contributed by atoms with Gasteiger partial charge in [0.05, 0.1) is 18.8 Å². The minimum absolute atomic E-state index is 0.0620. The van der Waals surface area contributed by atoms with E-state index < -0.39 is 10.0 Å². The molecule has 1 aliphatic carbocycles. The molecule has 25 heavy (non-hydrogen) atoms. The Bertz CT molecular complexity index is 851. The van der Waals surface area contributed by atoms with Gasteiger partial charge in [-0.15, -0.1) is 0 Å². The molecule has 7 heteroatoms. The van der Waals surface area contributed by atoms with Crippen molar-refractivity contribution in [2.45, 2.75) is 37.6 Å². The van der Waals surface area contributed by atoms with Crippen molar-refractivity contribution in [1.29, 1.82) is 0 Å². The molecule has 1 aromatic heterocycles. The summed E-state index contributed by atoms with van der Waals surface area (Å²) in [6.45, 7) is 2.57. The summed E-state index contributed by atoms with van der Waals surface area (Å²) in [6, 6.07) is 8.37. The number of rotatable bonds is 7. The minimum Gasteiger partial charge on any atom is -0.492 e. The lowest BCUT2D eigenvalue weighted by molar-refractivity contribution is 0.177. The van der Waals surface area contributed by atoms with Crippen LogP contribution in [0.2, 0.25) is 5.02 Å². The van der Waals surface area contributed by atoms with Crippen molar-refractivity contribution in [3.05, 3.63) is 52.8 Å². The second-order valence-corrected chi connectivity index (χ2v) is 8.52. The zero-order chi connectivity index (χ0) is 17.9. The number of hydrogen-bond donors (Lipinski definition) is 1. The van der Waals surface area contributed by atoms with Crippen LogP contribution in [0.4, 0.5) is 0 Å². The van der Waals surface area contributed by atoms with Crippen LogP contribution in [0.15, 0.2) is 41.4 Å². The van der Waals surface area contributed by atoms with Crippen molar-refractivity contribution in [1.82, 2.24) is 9.71 Å². The third-order valence-electron chi connectivity index (χ3n) is 4.31. The lowest BCUT2D eigenvalue weighted by Crippen LogP contribution is -2.25. The van der Waals surface area contributed by atoms with Crippen molar-refractivity contribution in [2.75, 3.05) is 6.61 Å². The van der Waals surface area contributed by atoms with Gasteiger partial charge in [0.15, 0.2) is 0 Å². The topological polar surface area (TPSA) is 68.3 Å². The van der Waals surface area contributed by atoms with E-state index in [0.717, 1.165) is 18.4 Å². The summed E-state index contributed by atoms with van der Waals surface area (Å²) in [6.07, 6.45) is 5.14. The number of ether oxygens (including phenoxy) is 1. The molecule has 0 bridgehead atoms. The fourth-order valence-electron chi connectivity index (χ4n) is 2.62. The normalized spacial score (nSPS) is 15.0. The molecular formula is C18H21ClN2O3S. The summed E-state index contributed by atoms with van der Waals surface area (Å²) in [5, 5.41) is 0.352. The van der Waals surface area contributed by atoms with Gasteiger partial charge in [0.1, 0.15) is 10.6 Å². The van der Waals surface area contributed by atoms with Gasteiger partial charge < -0.3 is 4.74 Å². The van der Waals surface area contributed by atoms with Crippen molar-refractivity contribution in [3.8, 4) is 5.75 Å². The van der Waals surface area contributed by atoms with E-state index in [0.29, 0.717) is 29.0 Å². The highest BCUT2D eigenvalue weighted by Crippen LogP contribution is 2.31. The van der Waals surface area contributed by atoms with E-state index >= 15 is 0 Å². The standard InChI is InChI=1S/C18H21ClN2O3S/c1-13-7-8-20-16(9-13)11-21-25(22,23)18-10-15(19)5-6-17(18)24-12-14-3-2-4-14/h5-10,14,21H,2-4,11-12H2,1H3. The molecule has 5 nitrogen and oxygen atoms in total. The highest BCUT2D eigenvalue weighted by Gasteiger charge is 2.23. The molecule has 1 heterocycles. The molecule has 1 saturated carbocycles. The van der Waals surface area contributed by atoms with Gasteiger partial charge in [0.2, 0.25) is 10.0 Å². The van der Waals surface area contributed by atoms with Gasteiger partial charge in [-0.1, -0.05) is 18.0 Å². The Morgan fingerprint density at radius 3 is 2.76 bits per heavy atom. The number of nitrogens with zero attached hydrogens (tertiary/aromatic N) is 1. The summed E-state index contributed by atoms with van der Waals surface area (Å²) in [7, 11) is -3.76. The van der Waals surface area contributed by atoms with Crippen LogP contribution in [0.1, 0.15) is 30.5 Å². The highest BCUT2D eigenvalue weighted by molar-refractivity contribution is 7.89. The second kappa shape index (κ2) is 7.72. The molecule has 134 valence electrons. The molecule has 0 saturated heterocycles. The lowest BCUT2D eigenvalue weighted by atomic mass is 9.86. The van der Waals surface area contributed by atoms with Crippen LogP contribution in [0.3, 0.4) is 0 Å². The largest absolute Gasteiger partial charge is 0.492 e. The fraction of sp³-hybridized carbons (Fsp3) is 0.389. The maximum absolute atomic E-state index is 12.7. The lowest BCUT2D eigenvalue weighted by Gasteiger charge is -2.25. The van der Waals surface area contributed by atoms with Crippen molar-refractivity contribution >= 4 is 21.6 Å². The van der Waals surface area contributed by atoms with Crippen LogP contribution in [-0.2, 0) is 16.6 Å². The molecule has 1 aliphatic rings.